The van der Waals surface area contributed by atoms with Gasteiger partial charge in [0.2, 0.25) is 6.10 Å². The van der Waals surface area contributed by atoms with Crippen molar-refractivity contribution in [1.29, 1.82) is 0 Å². The van der Waals surface area contributed by atoms with E-state index < -0.39 is 17.5 Å². The molecule has 0 spiro atoms. The fourth-order valence-electron chi connectivity index (χ4n) is 3.55. The number of ether oxygens (including phenoxy) is 2. The zero-order valence-corrected chi connectivity index (χ0v) is 11.6. The number of fused-ring (bicyclic) bond motifs is 2. The van der Waals surface area contributed by atoms with Crippen LogP contribution in [0.4, 0.5) is 0 Å². The number of carbonyl (C=O) groups is 2. The molecule has 1 aliphatic heterocycles. The zero-order valence-electron chi connectivity index (χ0n) is 11.6. The lowest BCUT2D eigenvalue weighted by Crippen LogP contribution is -2.39. The summed E-state index contributed by atoms with van der Waals surface area (Å²) < 4.78 is 10.5. The van der Waals surface area contributed by atoms with Crippen LogP contribution >= 0.6 is 0 Å². The third-order valence-corrected chi connectivity index (χ3v) is 4.81. The summed E-state index contributed by atoms with van der Waals surface area (Å²) in [6, 6.07) is 0. The van der Waals surface area contributed by atoms with E-state index in [-0.39, 0.29) is 17.3 Å². The summed E-state index contributed by atoms with van der Waals surface area (Å²) in [5.41, 5.74) is -0.518. The van der Waals surface area contributed by atoms with Crippen LogP contribution in [0, 0.1) is 22.7 Å². The Bertz CT molecular complexity index is 465. The molecule has 0 aromatic carbocycles. The van der Waals surface area contributed by atoms with E-state index in [0.717, 1.165) is 12.8 Å². The SMILES string of the molecule is CC1(C)COC(=O)[C@@H]1OC(=O)[C@H]1C[C@@H]2C=C[C@]1(C)C2. The fourth-order valence-corrected chi connectivity index (χ4v) is 3.55. The summed E-state index contributed by atoms with van der Waals surface area (Å²) in [6.07, 6.45) is 5.42. The molecule has 4 atom stereocenters. The molecule has 19 heavy (non-hydrogen) atoms. The Morgan fingerprint density at radius 2 is 2.16 bits per heavy atom. The summed E-state index contributed by atoms with van der Waals surface area (Å²) in [5.74, 6) is -0.286. The molecule has 2 bridgehead atoms. The van der Waals surface area contributed by atoms with Gasteiger partial charge in [-0.05, 0) is 24.2 Å². The molecule has 0 aromatic heterocycles. The highest BCUT2D eigenvalue weighted by atomic mass is 16.6. The second-order valence-electron chi connectivity index (χ2n) is 7.03. The number of carbonyl (C=O) groups excluding carboxylic acids is 2. The monoisotopic (exact) mass is 264 g/mol. The van der Waals surface area contributed by atoms with Crippen LogP contribution in [0.1, 0.15) is 33.6 Å². The molecular formula is C15H20O4. The molecule has 0 unspecified atom stereocenters. The van der Waals surface area contributed by atoms with Crippen LogP contribution in [0.3, 0.4) is 0 Å². The van der Waals surface area contributed by atoms with Gasteiger partial charge in [0.05, 0.1) is 5.92 Å². The summed E-state index contributed by atoms with van der Waals surface area (Å²) in [7, 11) is 0. The van der Waals surface area contributed by atoms with Gasteiger partial charge >= 0.3 is 11.9 Å². The lowest BCUT2D eigenvalue weighted by Gasteiger charge is -2.29. The predicted octanol–water partition coefficient (Wildman–Crippen LogP) is 2.08. The number of esters is 2. The molecule has 1 saturated carbocycles. The van der Waals surface area contributed by atoms with Crippen LogP contribution in [-0.2, 0) is 19.1 Å². The standard InChI is InChI=1S/C15H20O4/c1-14(2)8-18-13(17)11(14)19-12(16)10-6-9-4-5-15(10,3)7-9/h4-5,9-11H,6-8H2,1-3H3/t9-,10+,11-,15+/m0/s1. The topological polar surface area (TPSA) is 52.6 Å². The van der Waals surface area contributed by atoms with E-state index in [9.17, 15) is 9.59 Å². The van der Waals surface area contributed by atoms with E-state index in [4.69, 9.17) is 9.47 Å². The maximum Gasteiger partial charge on any atom is 0.348 e. The predicted molar refractivity (Wildman–Crippen MR) is 68.1 cm³/mol. The maximum absolute atomic E-state index is 12.4. The summed E-state index contributed by atoms with van der Waals surface area (Å²) in [6.45, 7) is 6.19. The van der Waals surface area contributed by atoms with Crippen molar-refractivity contribution >= 4 is 11.9 Å². The first-order chi connectivity index (χ1) is 8.82. The van der Waals surface area contributed by atoms with Gasteiger partial charge in [-0.2, -0.15) is 0 Å². The average molecular weight is 264 g/mol. The van der Waals surface area contributed by atoms with E-state index in [1.165, 1.54) is 0 Å². The van der Waals surface area contributed by atoms with Gasteiger partial charge < -0.3 is 9.47 Å². The van der Waals surface area contributed by atoms with Crippen molar-refractivity contribution in [1.82, 2.24) is 0 Å². The smallest absolute Gasteiger partial charge is 0.348 e. The molecule has 3 rings (SSSR count). The Balaban J connectivity index is 1.73. The lowest BCUT2D eigenvalue weighted by atomic mass is 9.80. The molecule has 0 amide bonds. The third kappa shape index (κ3) is 1.88. The van der Waals surface area contributed by atoms with Gasteiger partial charge in [0.15, 0.2) is 0 Å². The number of hydrogen-bond donors (Lipinski definition) is 0. The van der Waals surface area contributed by atoms with Crippen molar-refractivity contribution in [3.05, 3.63) is 12.2 Å². The van der Waals surface area contributed by atoms with Crippen molar-refractivity contribution in [2.45, 2.75) is 39.7 Å². The number of rotatable bonds is 2. The Morgan fingerprint density at radius 3 is 2.63 bits per heavy atom. The molecule has 3 aliphatic rings. The highest BCUT2D eigenvalue weighted by Crippen LogP contribution is 2.53. The summed E-state index contributed by atoms with van der Waals surface area (Å²) >= 11 is 0. The Hall–Kier alpha value is -1.32. The Labute approximate surface area is 113 Å². The molecule has 2 aliphatic carbocycles. The zero-order chi connectivity index (χ0) is 13.8. The molecule has 4 nitrogen and oxygen atoms in total. The Morgan fingerprint density at radius 1 is 1.42 bits per heavy atom. The molecule has 104 valence electrons. The van der Waals surface area contributed by atoms with Gasteiger partial charge in [0, 0.05) is 5.41 Å². The van der Waals surface area contributed by atoms with Crippen LogP contribution in [0.15, 0.2) is 12.2 Å². The van der Waals surface area contributed by atoms with Gasteiger partial charge in [-0.3, -0.25) is 4.79 Å². The minimum atomic E-state index is -0.758. The minimum Gasteiger partial charge on any atom is -0.462 e. The number of allylic oxidation sites excluding steroid dienone is 2. The normalized spacial score (nSPS) is 42.5. The number of hydrogen-bond acceptors (Lipinski definition) is 4. The fraction of sp³-hybridized carbons (Fsp3) is 0.733. The Kier molecular flexibility index (Phi) is 2.57. The van der Waals surface area contributed by atoms with Crippen LogP contribution in [-0.4, -0.2) is 24.6 Å². The largest absolute Gasteiger partial charge is 0.462 e. The van der Waals surface area contributed by atoms with Gasteiger partial charge in [-0.25, -0.2) is 4.79 Å². The van der Waals surface area contributed by atoms with Crippen molar-refractivity contribution in [3.63, 3.8) is 0 Å². The molecule has 1 heterocycles. The molecule has 0 radical (unpaired) electrons. The van der Waals surface area contributed by atoms with Crippen molar-refractivity contribution in [2.24, 2.45) is 22.7 Å². The first-order valence-electron chi connectivity index (χ1n) is 6.88. The second kappa shape index (κ2) is 3.84. The number of cyclic esters (lactones) is 1. The van der Waals surface area contributed by atoms with E-state index in [0.29, 0.717) is 12.5 Å². The van der Waals surface area contributed by atoms with Crippen LogP contribution < -0.4 is 0 Å². The average Bonchev–Trinajstić information content (AvgIpc) is 2.94. The van der Waals surface area contributed by atoms with E-state index >= 15 is 0 Å². The van der Waals surface area contributed by atoms with E-state index in [1.807, 2.05) is 13.8 Å². The minimum absolute atomic E-state index is 0.0889. The molecular weight excluding hydrogens is 244 g/mol. The van der Waals surface area contributed by atoms with Crippen molar-refractivity contribution in [2.75, 3.05) is 6.61 Å². The summed E-state index contributed by atoms with van der Waals surface area (Å²) in [5, 5.41) is 0. The van der Waals surface area contributed by atoms with Crippen LogP contribution in [0.25, 0.3) is 0 Å². The summed E-state index contributed by atoms with van der Waals surface area (Å²) in [4.78, 5) is 24.0. The van der Waals surface area contributed by atoms with Crippen molar-refractivity contribution < 1.29 is 19.1 Å². The van der Waals surface area contributed by atoms with Gasteiger partial charge in [0.25, 0.3) is 0 Å². The van der Waals surface area contributed by atoms with Gasteiger partial charge in [-0.1, -0.05) is 32.9 Å². The van der Waals surface area contributed by atoms with Gasteiger partial charge in [0.1, 0.15) is 6.61 Å². The second-order valence-corrected chi connectivity index (χ2v) is 7.03. The quantitative estimate of drug-likeness (QED) is 0.566. The first-order valence-corrected chi connectivity index (χ1v) is 6.88. The highest BCUT2D eigenvalue weighted by Gasteiger charge is 2.52. The van der Waals surface area contributed by atoms with Crippen LogP contribution in [0.5, 0.6) is 0 Å². The van der Waals surface area contributed by atoms with Crippen molar-refractivity contribution in [3.8, 4) is 0 Å². The third-order valence-electron chi connectivity index (χ3n) is 4.81. The first kappa shape index (κ1) is 12.7. The van der Waals surface area contributed by atoms with E-state index in [2.05, 4.69) is 19.1 Å². The molecule has 1 saturated heterocycles. The van der Waals surface area contributed by atoms with E-state index in [1.54, 1.807) is 0 Å². The molecule has 0 aromatic rings. The molecule has 0 N–H and O–H groups in total. The highest BCUT2D eigenvalue weighted by molar-refractivity contribution is 5.83. The van der Waals surface area contributed by atoms with Gasteiger partial charge in [-0.15, -0.1) is 0 Å². The maximum atomic E-state index is 12.4. The molecule has 4 heteroatoms. The lowest BCUT2D eigenvalue weighted by molar-refractivity contribution is -0.168. The van der Waals surface area contributed by atoms with Crippen LogP contribution in [0.2, 0.25) is 0 Å². The molecule has 2 fully saturated rings.